The van der Waals surface area contributed by atoms with Gasteiger partial charge >= 0.3 is 5.69 Å². The number of H-pyrrole nitrogens is 2. The minimum absolute atomic E-state index is 0.250. The lowest BCUT2D eigenvalue weighted by atomic mass is 9.91. The van der Waals surface area contributed by atoms with Crippen LogP contribution in [0.2, 0.25) is 0 Å². The topological polar surface area (TPSA) is 128 Å². The van der Waals surface area contributed by atoms with Gasteiger partial charge in [-0.2, -0.15) is 5.26 Å². The first kappa shape index (κ1) is 18.6. The van der Waals surface area contributed by atoms with Crippen LogP contribution >= 0.6 is 0 Å². The maximum atomic E-state index is 10.8. The number of rotatable bonds is 1. The van der Waals surface area contributed by atoms with Crippen molar-refractivity contribution in [1.29, 1.82) is 5.26 Å². The zero-order valence-electron chi connectivity index (χ0n) is 13.3. The summed E-state index contributed by atoms with van der Waals surface area (Å²) in [7, 11) is 1.65. The molecular weight excluding hydrogens is 294 g/mol. The van der Waals surface area contributed by atoms with E-state index in [4.69, 9.17) is 5.26 Å². The highest BCUT2D eigenvalue weighted by Gasteiger charge is 2.10. The number of nitriles is 1. The molecular formula is C16H23N5O2. The van der Waals surface area contributed by atoms with Crippen molar-refractivity contribution in [3.8, 4) is 6.07 Å². The van der Waals surface area contributed by atoms with Crippen LogP contribution < -0.4 is 17.0 Å². The molecule has 7 heteroatoms. The summed E-state index contributed by atoms with van der Waals surface area (Å²) in [5.74, 6) is 5.00. The molecule has 1 aromatic heterocycles. The second-order valence-corrected chi connectivity index (χ2v) is 5.27. The molecule has 0 unspecified atom stereocenters. The standard InChI is InChI=1S/C8H5N3O.C7H12O.CH6N2/c9-4-5-1-2-6-7(3-5)11-8(12)10-6;8-6-7-4-2-1-3-5-7;1-3-2/h1-3H,(H2,10,11,12);6-7H,1-5H2;3H,2H2,1H3. The Balaban J connectivity index is 0.000000209. The average Bonchev–Trinajstić information content (AvgIpc) is 2.96. The molecule has 7 nitrogen and oxygen atoms in total. The van der Waals surface area contributed by atoms with Gasteiger partial charge in [0.1, 0.15) is 6.29 Å². The minimum atomic E-state index is -0.250. The Hall–Kier alpha value is -2.43. The lowest BCUT2D eigenvalue weighted by Gasteiger charge is -2.14. The van der Waals surface area contributed by atoms with Crippen LogP contribution in [-0.4, -0.2) is 23.3 Å². The Bertz CT molecular complexity index is 692. The molecule has 0 saturated heterocycles. The fourth-order valence-electron chi connectivity index (χ4n) is 2.37. The highest BCUT2D eigenvalue weighted by molar-refractivity contribution is 5.75. The lowest BCUT2D eigenvalue weighted by Crippen LogP contribution is -2.13. The van der Waals surface area contributed by atoms with Gasteiger partial charge in [0, 0.05) is 5.92 Å². The van der Waals surface area contributed by atoms with Gasteiger partial charge in [0.2, 0.25) is 0 Å². The fourth-order valence-corrected chi connectivity index (χ4v) is 2.37. The minimum Gasteiger partial charge on any atom is -0.306 e. The molecule has 1 aromatic carbocycles. The van der Waals surface area contributed by atoms with Gasteiger partial charge in [-0.3, -0.25) is 11.3 Å². The van der Waals surface area contributed by atoms with Crippen molar-refractivity contribution in [3.05, 3.63) is 34.2 Å². The van der Waals surface area contributed by atoms with Crippen LogP contribution in [0.4, 0.5) is 0 Å². The van der Waals surface area contributed by atoms with E-state index in [2.05, 4.69) is 21.2 Å². The highest BCUT2D eigenvalue weighted by atomic mass is 16.1. The summed E-state index contributed by atoms with van der Waals surface area (Å²) in [5, 5.41) is 8.55. The number of carbonyl (C=O) groups is 1. The summed E-state index contributed by atoms with van der Waals surface area (Å²) in [6.45, 7) is 0. The van der Waals surface area contributed by atoms with Gasteiger partial charge < -0.3 is 14.8 Å². The summed E-state index contributed by atoms with van der Waals surface area (Å²) in [6.07, 6.45) is 7.27. The number of hydrogen-bond donors (Lipinski definition) is 4. The number of imidazole rings is 1. The van der Waals surface area contributed by atoms with E-state index in [1.165, 1.54) is 19.3 Å². The molecule has 1 saturated carbocycles. The molecule has 1 aliphatic rings. The van der Waals surface area contributed by atoms with Gasteiger partial charge in [-0.25, -0.2) is 4.79 Å². The van der Waals surface area contributed by atoms with Crippen molar-refractivity contribution in [2.75, 3.05) is 7.05 Å². The first-order valence-electron chi connectivity index (χ1n) is 7.59. The van der Waals surface area contributed by atoms with E-state index in [9.17, 15) is 9.59 Å². The van der Waals surface area contributed by atoms with Crippen LogP contribution in [0, 0.1) is 17.2 Å². The van der Waals surface area contributed by atoms with Gasteiger partial charge in [-0.15, -0.1) is 0 Å². The third-order valence-electron chi connectivity index (χ3n) is 3.49. The summed E-state index contributed by atoms with van der Waals surface area (Å²) in [6, 6.07) is 6.98. The molecule has 23 heavy (non-hydrogen) atoms. The molecule has 0 spiro atoms. The second-order valence-electron chi connectivity index (χ2n) is 5.27. The van der Waals surface area contributed by atoms with Crippen LogP contribution in [0.15, 0.2) is 23.0 Å². The largest absolute Gasteiger partial charge is 0.323 e. The zero-order valence-corrected chi connectivity index (χ0v) is 13.3. The summed E-state index contributed by atoms with van der Waals surface area (Å²) in [5.41, 5.74) is 3.93. The average molecular weight is 317 g/mol. The van der Waals surface area contributed by atoms with Crippen molar-refractivity contribution in [2.24, 2.45) is 11.8 Å². The molecule has 3 rings (SSSR count). The monoisotopic (exact) mass is 317 g/mol. The number of benzene rings is 1. The van der Waals surface area contributed by atoms with E-state index in [1.54, 1.807) is 25.2 Å². The number of nitrogens with one attached hydrogen (secondary N) is 3. The number of hydrazine groups is 1. The van der Waals surface area contributed by atoms with Crippen LogP contribution in [0.5, 0.6) is 0 Å². The third-order valence-corrected chi connectivity index (χ3v) is 3.49. The highest BCUT2D eigenvalue weighted by Crippen LogP contribution is 2.21. The number of nitrogens with two attached hydrogens (primary N) is 1. The molecule has 2 aromatic rings. The number of nitrogens with zero attached hydrogens (tertiary/aromatic N) is 1. The molecule has 0 aliphatic heterocycles. The third kappa shape index (κ3) is 6.46. The maximum absolute atomic E-state index is 10.8. The normalized spacial score (nSPS) is 14.0. The first-order valence-corrected chi connectivity index (χ1v) is 7.59. The molecule has 0 bridgehead atoms. The van der Waals surface area contributed by atoms with Gasteiger partial charge in [0.05, 0.1) is 22.7 Å². The molecule has 0 amide bonds. The quantitative estimate of drug-likeness (QED) is 0.360. The van der Waals surface area contributed by atoms with E-state index in [0.717, 1.165) is 24.6 Å². The number of carbonyl (C=O) groups excluding carboxylic acids is 1. The van der Waals surface area contributed by atoms with Crippen LogP contribution in [-0.2, 0) is 4.79 Å². The van der Waals surface area contributed by atoms with Gasteiger partial charge in [-0.1, -0.05) is 19.3 Å². The predicted molar refractivity (Wildman–Crippen MR) is 89.5 cm³/mol. The first-order chi connectivity index (χ1) is 11.1. The molecule has 0 radical (unpaired) electrons. The van der Waals surface area contributed by atoms with Crippen molar-refractivity contribution in [3.63, 3.8) is 0 Å². The maximum Gasteiger partial charge on any atom is 0.323 e. The molecule has 1 fully saturated rings. The Labute approximate surface area is 134 Å². The van der Waals surface area contributed by atoms with E-state index in [1.807, 2.05) is 6.07 Å². The zero-order chi connectivity index (χ0) is 17.1. The van der Waals surface area contributed by atoms with Crippen LogP contribution in [0.25, 0.3) is 11.0 Å². The van der Waals surface area contributed by atoms with Crippen LogP contribution in [0.1, 0.15) is 37.7 Å². The number of hydrogen-bond acceptors (Lipinski definition) is 5. The molecule has 0 atom stereocenters. The van der Waals surface area contributed by atoms with E-state index < -0.39 is 0 Å². The van der Waals surface area contributed by atoms with Crippen molar-refractivity contribution in [2.45, 2.75) is 32.1 Å². The van der Waals surface area contributed by atoms with Gasteiger partial charge in [0.15, 0.2) is 0 Å². The fraction of sp³-hybridized carbons (Fsp3) is 0.438. The Kier molecular flexibility index (Phi) is 8.36. The van der Waals surface area contributed by atoms with E-state index >= 15 is 0 Å². The van der Waals surface area contributed by atoms with Gasteiger partial charge in [-0.05, 0) is 38.1 Å². The SMILES string of the molecule is CNN.N#Cc1ccc2[nH]c(=O)[nH]c2c1.O=CC1CCCCC1. The number of fused-ring (bicyclic) bond motifs is 1. The van der Waals surface area contributed by atoms with Crippen LogP contribution in [0.3, 0.4) is 0 Å². The number of aldehydes is 1. The molecule has 5 N–H and O–H groups in total. The number of aromatic amines is 2. The molecule has 1 aliphatic carbocycles. The second kappa shape index (κ2) is 10.3. The Morgan fingerprint density at radius 1 is 1.26 bits per heavy atom. The molecule has 124 valence electrons. The van der Waals surface area contributed by atoms with Crippen molar-refractivity contribution < 1.29 is 4.79 Å². The summed E-state index contributed by atoms with van der Waals surface area (Å²) in [4.78, 5) is 26.1. The lowest BCUT2D eigenvalue weighted by molar-refractivity contribution is -0.111. The summed E-state index contributed by atoms with van der Waals surface area (Å²) >= 11 is 0. The number of aromatic nitrogens is 2. The van der Waals surface area contributed by atoms with E-state index in [-0.39, 0.29) is 5.69 Å². The van der Waals surface area contributed by atoms with Gasteiger partial charge in [0.25, 0.3) is 0 Å². The Morgan fingerprint density at radius 2 is 1.87 bits per heavy atom. The summed E-state index contributed by atoms with van der Waals surface area (Å²) < 4.78 is 0. The van der Waals surface area contributed by atoms with Crippen molar-refractivity contribution in [1.82, 2.24) is 15.4 Å². The smallest absolute Gasteiger partial charge is 0.306 e. The van der Waals surface area contributed by atoms with Crippen molar-refractivity contribution >= 4 is 17.3 Å². The Morgan fingerprint density at radius 3 is 2.39 bits per heavy atom. The van der Waals surface area contributed by atoms with E-state index in [0.29, 0.717) is 17.0 Å². The molecule has 1 heterocycles. The predicted octanol–water partition coefficient (Wildman–Crippen LogP) is 1.57.